The SMILES string of the molecule is CSc1scnc1-c1ccccc1OCC(=O)N1CCN(Cc2ccccc2)CC1. The van der Waals surface area contributed by atoms with Gasteiger partial charge in [-0.05, 0) is 24.0 Å². The number of piperazine rings is 1. The lowest BCUT2D eigenvalue weighted by molar-refractivity contribution is -0.135. The highest BCUT2D eigenvalue weighted by Crippen LogP contribution is 2.37. The fourth-order valence-corrected chi connectivity index (χ4v) is 4.97. The Kier molecular flexibility index (Phi) is 7.04. The van der Waals surface area contributed by atoms with Crippen LogP contribution < -0.4 is 4.74 Å². The van der Waals surface area contributed by atoms with Gasteiger partial charge in [0, 0.05) is 38.3 Å². The monoisotopic (exact) mass is 439 g/mol. The molecule has 3 aromatic rings. The summed E-state index contributed by atoms with van der Waals surface area (Å²) in [6.07, 6.45) is 2.04. The zero-order valence-corrected chi connectivity index (χ0v) is 18.6. The van der Waals surface area contributed by atoms with Crippen LogP contribution in [-0.2, 0) is 11.3 Å². The molecule has 0 N–H and O–H groups in total. The summed E-state index contributed by atoms with van der Waals surface area (Å²) >= 11 is 3.29. The van der Waals surface area contributed by atoms with E-state index in [0.29, 0.717) is 5.75 Å². The van der Waals surface area contributed by atoms with E-state index in [4.69, 9.17) is 4.74 Å². The van der Waals surface area contributed by atoms with Crippen molar-refractivity contribution in [3.8, 4) is 17.0 Å². The van der Waals surface area contributed by atoms with Crippen LogP contribution in [0.2, 0.25) is 0 Å². The first-order valence-electron chi connectivity index (χ1n) is 9.98. The lowest BCUT2D eigenvalue weighted by Crippen LogP contribution is -2.49. The quantitative estimate of drug-likeness (QED) is 0.515. The van der Waals surface area contributed by atoms with Crippen LogP contribution in [0.1, 0.15) is 5.56 Å². The number of thioether (sulfide) groups is 1. The second-order valence-electron chi connectivity index (χ2n) is 7.12. The maximum absolute atomic E-state index is 12.7. The third kappa shape index (κ3) is 5.03. The highest BCUT2D eigenvalue weighted by atomic mass is 32.2. The number of hydrogen-bond donors (Lipinski definition) is 0. The van der Waals surface area contributed by atoms with Gasteiger partial charge in [0.2, 0.25) is 0 Å². The number of aromatic nitrogens is 1. The first-order chi connectivity index (χ1) is 14.7. The molecule has 2 heterocycles. The molecule has 0 bridgehead atoms. The lowest BCUT2D eigenvalue weighted by atomic mass is 10.1. The minimum absolute atomic E-state index is 0.0348. The number of carbonyl (C=O) groups excluding carboxylic acids is 1. The van der Waals surface area contributed by atoms with E-state index in [0.717, 1.165) is 48.2 Å². The molecule has 2 aromatic carbocycles. The summed E-state index contributed by atoms with van der Waals surface area (Å²) in [5.41, 5.74) is 5.01. The number of thiazole rings is 1. The molecule has 0 unspecified atom stereocenters. The summed E-state index contributed by atoms with van der Waals surface area (Å²) in [6, 6.07) is 18.3. The van der Waals surface area contributed by atoms with Gasteiger partial charge in [0.05, 0.1) is 15.4 Å². The Bertz CT molecular complexity index is 969. The smallest absolute Gasteiger partial charge is 0.260 e. The van der Waals surface area contributed by atoms with Crippen LogP contribution in [-0.4, -0.2) is 59.7 Å². The molecule has 4 rings (SSSR count). The number of rotatable bonds is 7. The first kappa shape index (κ1) is 20.9. The molecule has 0 saturated carbocycles. The molecule has 156 valence electrons. The Labute approximate surface area is 185 Å². The van der Waals surface area contributed by atoms with Crippen molar-refractivity contribution >= 4 is 29.0 Å². The number of para-hydroxylation sites is 1. The van der Waals surface area contributed by atoms with Crippen molar-refractivity contribution in [2.45, 2.75) is 10.8 Å². The van der Waals surface area contributed by atoms with Crippen LogP contribution in [0.25, 0.3) is 11.3 Å². The molecule has 5 nitrogen and oxygen atoms in total. The van der Waals surface area contributed by atoms with Gasteiger partial charge in [-0.15, -0.1) is 23.1 Å². The molecule has 0 radical (unpaired) electrons. The van der Waals surface area contributed by atoms with E-state index in [1.165, 1.54) is 5.56 Å². The topological polar surface area (TPSA) is 45.7 Å². The molecule has 1 amide bonds. The molecule has 1 saturated heterocycles. The first-order valence-corrected chi connectivity index (χ1v) is 12.1. The predicted octanol–water partition coefficient (Wildman–Crippen LogP) is 4.26. The number of carbonyl (C=O) groups is 1. The molecule has 0 spiro atoms. The number of amides is 1. The van der Waals surface area contributed by atoms with Crippen molar-refractivity contribution in [1.82, 2.24) is 14.8 Å². The number of benzene rings is 2. The number of ether oxygens (including phenoxy) is 1. The second-order valence-corrected chi connectivity index (χ2v) is 9.05. The Morgan fingerprint density at radius 1 is 1.07 bits per heavy atom. The van der Waals surface area contributed by atoms with Crippen LogP contribution >= 0.6 is 23.1 Å². The minimum Gasteiger partial charge on any atom is -0.483 e. The minimum atomic E-state index is 0.0348. The van der Waals surface area contributed by atoms with E-state index in [2.05, 4.69) is 34.1 Å². The van der Waals surface area contributed by atoms with Gasteiger partial charge in [0.1, 0.15) is 5.75 Å². The van der Waals surface area contributed by atoms with Gasteiger partial charge < -0.3 is 9.64 Å². The molecule has 0 aliphatic carbocycles. The highest BCUT2D eigenvalue weighted by Gasteiger charge is 2.22. The van der Waals surface area contributed by atoms with Crippen LogP contribution in [0, 0.1) is 0 Å². The molecule has 1 aliphatic heterocycles. The predicted molar refractivity (Wildman–Crippen MR) is 123 cm³/mol. The van der Waals surface area contributed by atoms with Crippen LogP contribution in [0.3, 0.4) is 0 Å². The van der Waals surface area contributed by atoms with Crippen molar-refractivity contribution < 1.29 is 9.53 Å². The number of nitrogens with zero attached hydrogens (tertiary/aromatic N) is 3. The maximum Gasteiger partial charge on any atom is 0.260 e. The Hall–Kier alpha value is -2.35. The van der Waals surface area contributed by atoms with E-state index in [1.54, 1.807) is 23.1 Å². The van der Waals surface area contributed by atoms with Crippen molar-refractivity contribution in [2.75, 3.05) is 39.0 Å². The number of hydrogen-bond acceptors (Lipinski definition) is 6. The summed E-state index contributed by atoms with van der Waals surface area (Å²) in [7, 11) is 0. The molecular weight excluding hydrogens is 414 g/mol. The van der Waals surface area contributed by atoms with Gasteiger partial charge in [-0.25, -0.2) is 4.98 Å². The molecule has 30 heavy (non-hydrogen) atoms. The van der Waals surface area contributed by atoms with Crippen molar-refractivity contribution in [1.29, 1.82) is 0 Å². The standard InChI is InChI=1S/C23H25N3O2S2/c1-29-23-22(24-17-30-23)19-9-5-6-10-20(19)28-16-21(27)26-13-11-25(12-14-26)15-18-7-3-2-4-8-18/h2-10,17H,11-16H2,1H3. The highest BCUT2D eigenvalue weighted by molar-refractivity contribution is 8.00. The Morgan fingerprint density at radius 2 is 1.80 bits per heavy atom. The fraction of sp³-hybridized carbons (Fsp3) is 0.304. The van der Waals surface area contributed by atoms with Gasteiger partial charge in [0.25, 0.3) is 5.91 Å². The molecule has 1 aromatic heterocycles. The normalized spacial score (nSPS) is 14.6. The Morgan fingerprint density at radius 3 is 2.57 bits per heavy atom. The van der Waals surface area contributed by atoms with E-state index < -0.39 is 0 Å². The largest absolute Gasteiger partial charge is 0.483 e. The molecular formula is C23H25N3O2S2. The van der Waals surface area contributed by atoms with Gasteiger partial charge in [0.15, 0.2) is 6.61 Å². The zero-order chi connectivity index (χ0) is 20.8. The molecule has 0 atom stereocenters. The zero-order valence-electron chi connectivity index (χ0n) is 17.0. The van der Waals surface area contributed by atoms with Gasteiger partial charge in [-0.3, -0.25) is 9.69 Å². The van der Waals surface area contributed by atoms with Crippen molar-refractivity contribution in [3.63, 3.8) is 0 Å². The fourth-order valence-electron chi connectivity index (χ4n) is 3.58. The summed E-state index contributed by atoms with van der Waals surface area (Å²) in [5, 5.41) is 0. The van der Waals surface area contributed by atoms with E-state index in [-0.39, 0.29) is 12.5 Å². The third-order valence-electron chi connectivity index (χ3n) is 5.19. The van der Waals surface area contributed by atoms with Gasteiger partial charge in [-0.1, -0.05) is 42.5 Å². The average molecular weight is 440 g/mol. The summed E-state index contributed by atoms with van der Waals surface area (Å²) in [5.74, 6) is 0.738. The summed E-state index contributed by atoms with van der Waals surface area (Å²) in [4.78, 5) is 21.5. The van der Waals surface area contributed by atoms with Crippen molar-refractivity contribution in [2.24, 2.45) is 0 Å². The van der Waals surface area contributed by atoms with Crippen molar-refractivity contribution in [3.05, 3.63) is 65.7 Å². The van der Waals surface area contributed by atoms with E-state index in [1.807, 2.05) is 47.0 Å². The lowest BCUT2D eigenvalue weighted by Gasteiger charge is -2.34. The second kappa shape index (κ2) is 10.1. The van der Waals surface area contributed by atoms with Gasteiger partial charge in [-0.2, -0.15) is 0 Å². The van der Waals surface area contributed by atoms with Gasteiger partial charge >= 0.3 is 0 Å². The summed E-state index contributed by atoms with van der Waals surface area (Å²) < 4.78 is 7.09. The van der Waals surface area contributed by atoms with Crippen LogP contribution in [0.5, 0.6) is 5.75 Å². The molecule has 7 heteroatoms. The average Bonchev–Trinajstić information content (AvgIpc) is 3.27. The van der Waals surface area contributed by atoms with E-state index >= 15 is 0 Å². The van der Waals surface area contributed by atoms with E-state index in [9.17, 15) is 4.79 Å². The van der Waals surface area contributed by atoms with Crippen LogP contribution in [0.15, 0.2) is 64.3 Å². The van der Waals surface area contributed by atoms with Crippen LogP contribution in [0.4, 0.5) is 0 Å². The summed E-state index contributed by atoms with van der Waals surface area (Å²) in [6.45, 7) is 4.21. The maximum atomic E-state index is 12.7. The Balaban J connectivity index is 1.32. The third-order valence-corrected chi connectivity index (χ3v) is 7.16. The molecule has 1 aliphatic rings. The molecule has 1 fully saturated rings.